The van der Waals surface area contributed by atoms with Gasteiger partial charge in [-0.15, -0.1) is 0 Å². The van der Waals surface area contributed by atoms with Gasteiger partial charge in [-0.1, -0.05) is 31.0 Å². The average molecular weight is 405 g/mol. The molecule has 30 heavy (non-hydrogen) atoms. The smallest absolute Gasteiger partial charge is 0.261 e. The molecule has 1 aliphatic heterocycles. The van der Waals surface area contributed by atoms with Crippen LogP contribution in [0.1, 0.15) is 47.4 Å². The van der Waals surface area contributed by atoms with Crippen molar-refractivity contribution in [2.45, 2.75) is 45.2 Å². The van der Waals surface area contributed by atoms with Crippen LogP contribution in [0.4, 0.5) is 0 Å². The van der Waals surface area contributed by atoms with Crippen molar-refractivity contribution in [2.24, 2.45) is 0 Å². The molecule has 6 nitrogen and oxygen atoms in total. The Morgan fingerprint density at radius 3 is 2.77 bits per heavy atom. The van der Waals surface area contributed by atoms with Crippen molar-refractivity contribution in [3.05, 3.63) is 69.8 Å². The molecule has 0 bridgehead atoms. The van der Waals surface area contributed by atoms with Crippen molar-refractivity contribution in [3.8, 4) is 5.75 Å². The summed E-state index contributed by atoms with van der Waals surface area (Å²) in [6.07, 6.45) is 5.16. The second kappa shape index (κ2) is 8.69. The van der Waals surface area contributed by atoms with E-state index in [1.54, 1.807) is 37.3 Å². The van der Waals surface area contributed by atoms with E-state index in [9.17, 15) is 9.59 Å². The molecule has 0 spiro atoms. The Kier molecular flexibility index (Phi) is 5.84. The predicted molar refractivity (Wildman–Crippen MR) is 117 cm³/mol. The summed E-state index contributed by atoms with van der Waals surface area (Å²) >= 11 is 0. The third kappa shape index (κ3) is 3.95. The number of carbonyl (C=O) groups excluding carboxylic acids is 1. The first kappa shape index (κ1) is 20.1. The monoisotopic (exact) mass is 405 g/mol. The van der Waals surface area contributed by atoms with E-state index in [0.29, 0.717) is 23.0 Å². The number of nitrogens with zero attached hydrogens (tertiary/aromatic N) is 3. The van der Waals surface area contributed by atoms with Gasteiger partial charge >= 0.3 is 0 Å². The van der Waals surface area contributed by atoms with Crippen molar-refractivity contribution in [1.29, 1.82) is 0 Å². The first-order chi connectivity index (χ1) is 14.6. The molecule has 0 radical (unpaired) electrons. The van der Waals surface area contributed by atoms with Gasteiger partial charge in [0.1, 0.15) is 11.6 Å². The van der Waals surface area contributed by atoms with Crippen LogP contribution in [0.3, 0.4) is 0 Å². The summed E-state index contributed by atoms with van der Waals surface area (Å²) < 4.78 is 7.21. The number of benzene rings is 2. The lowest BCUT2D eigenvalue weighted by Gasteiger charge is -2.19. The fourth-order valence-electron chi connectivity index (χ4n) is 4.11. The molecule has 0 N–H and O–H groups in total. The number of aromatic nitrogens is 2. The maximum absolute atomic E-state index is 13.0. The zero-order valence-corrected chi connectivity index (χ0v) is 17.6. The summed E-state index contributed by atoms with van der Waals surface area (Å²) in [5.74, 6) is 1.47. The second-order valence-electron chi connectivity index (χ2n) is 7.85. The topological polar surface area (TPSA) is 64.4 Å². The van der Waals surface area contributed by atoms with Crippen molar-refractivity contribution in [1.82, 2.24) is 14.5 Å². The Hall–Kier alpha value is -3.15. The maximum Gasteiger partial charge on any atom is 0.261 e. The Balaban J connectivity index is 1.64. The van der Waals surface area contributed by atoms with E-state index in [1.807, 2.05) is 28.8 Å². The molecule has 0 saturated heterocycles. The van der Waals surface area contributed by atoms with Crippen LogP contribution in [-0.4, -0.2) is 34.5 Å². The highest BCUT2D eigenvalue weighted by molar-refractivity contribution is 5.97. The van der Waals surface area contributed by atoms with Crippen LogP contribution in [0.25, 0.3) is 10.9 Å². The first-order valence-corrected chi connectivity index (χ1v) is 10.5. The van der Waals surface area contributed by atoms with Crippen molar-refractivity contribution in [2.75, 3.05) is 14.2 Å². The number of hydrogen-bond donors (Lipinski definition) is 0. The molecule has 0 fully saturated rings. The zero-order valence-electron chi connectivity index (χ0n) is 17.6. The lowest BCUT2D eigenvalue weighted by Crippen LogP contribution is -2.28. The Morgan fingerprint density at radius 2 is 1.93 bits per heavy atom. The molecule has 2 heterocycles. The Labute approximate surface area is 176 Å². The molecular formula is C24H27N3O3. The summed E-state index contributed by atoms with van der Waals surface area (Å²) in [5, 5.41) is 0.572. The van der Waals surface area contributed by atoms with Gasteiger partial charge in [-0.25, -0.2) is 4.98 Å². The highest BCUT2D eigenvalue weighted by atomic mass is 16.5. The number of amides is 1. The van der Waals surface area contributed by atoms with E-state index in [-0.39, 0.29) is 11.5 Å². The Bertz CT molecular complexity index is 1140. The van der Waals surface area contributed by atoms with Crippen LogP contribution < -0.4 is 10.3 Å². The maximum atomic E-state index is 13.0. The molecule has 6 heteroatoms. The van der Waals surface area contributed by atoms with E-state index in [1.165, 1.54) is 6.42 Å². The van der Waals surface area contributed by atoms with Gasteiger partial charge < -0.3 is 9.64 Å². The van der Waals surface area contributed by atoms with Gasteiger partial charge in [0.15, 0.2) is 0 Å². The number of methoxy groups -OCH3 is 1. The summed E-state index contributed by atoms with van der Waals surface area (Å²) in [7, 11) is 3.39. The standard InChI is InChI=1S/C24H27N3O3/c1-26(16-18-9-6-7-10-21(18)30-2)23(28)17-12-13-19-20(15-17)25-22-11-5-3-4-8-14-27(22)24(19)29/h6-7,9-10,12-13,15H,3-5,8,11,14,16H2,1-2H3. The molecular weight excluding hydrogens is 378 g/mol. The number of rotatable bonds is 4. The van der Waals surface area contributed by atoms with Gasteiger partial charge in [0, 0.05) is 37.7 Å². The van der Waals surface area contributed by atoms with Gasteiger partial charge in [0.2, 0.25) is 0 Å². The van der Waals surface area contributed by atoms with E-state index in [0.717, 1.165) is 49.4 Å². The van der Waals surface area contributed by atoms with Crippen molar-refractivity contribution < 1.29 is 9.53 Å². The number of fused-ring (bicyclic) bond motifs is 2. The minimum Gasteiger partial charge on any atom is -0.496 e. The van der Waals surface area contributed by atoms with Gasteiger partial charge in [0.05, 0.1) is 18.0 Å². The molecule has 1 aliphatic rings. The summed E-state index contributed by atoms with van der Waals surface area (Å²) in [6, 6.07) is 12.9. The first-order valence-electron chi connectivity index (χ1n) is 10.5. The third-order valence-electron chi connectivity index (χ3n) is 5.76. The lowest BCUT2D eigenvalue weighted by molar-refractivity contribution is 0.0784. The van der Waals surface area contributed by atoms with E-state index < -0.39 is 0 Å². The van der Waals surface area contributed by atoms with Crippen LogP contribution in [0.15, 0.2) is 47.3 Å². The van der Waals surface area contributed by atoms with Gasteiger partial charge in [-0.05, 0) is 37.1 Å². The summed E-state index contributed by atoms with van der Waals surface area (Å²) in [5.41, 5.74) is 2.07. The van der Waals surface area contributed by atoms with Gasteiger partial charge in [0.25, 0.3) is 11.5 Å². The fourth-order valence-corrected chi connectivity index (χ4v) is 4.11. The van der Waals surface area contributed by atoms with E-state index >= 15 is 0 Å². The van der Waals surface area contributed by atoms with Crippen LogP contribution in [0.2, 0.25) is 0 Å². The summed E-state index contributed by atoms with van der Waals surface area (Å²) in [6.45, 7) is 1.15. The SMILES string of the molecule is COc1ccccc1CN(C)C(=O)c1ccc2c(=O)n3c(nc2c1)CCCCCC3. The molecule has 0 atom stereocenters. The van der Waals surface area contributed by atoms with Crippen LogP contribution >= 0.6 is 0 Å². The minimum atomic E-state index is -0.114. The number of carbonyl (C=O) groups is 1. The highest BCUT2D eigenvalue weighted by Crippen LogP contribution is 2.21. The molecule has 156 valence electrons. The fraction of sp³-hybridized carbons (Fsp3) is 0.375. The summed E-state index contributed by atoms with van der Waals surface area (Å²) in [4.78, 5) is 32.4. The van der Waals surface area contributed by atoms with Gasteiger partial charge in [-0.2, -0.15) is 0 Å². The molecule has 0 saturated carbocycles. The van der Waals surface area contributed by atoms with Crippen molar-refractivity contribution >= 4 is 16.8 Å². The van der Waals surface area contributed by atoms with E-state index in [4.69, 9.17) is 9.72 Å². The normalized spacial score (nSPS) is 13.9. The molecule has 2 aromatic carbocycles. The second-order valence-corrected chi connectivity index (χ2v) is 7.85. The molecule has 3 aromatic rings. The zero-order chi connectivity index (χ0) is 21.1. The van der Waals surface area contributed by atoms with Crippen LogP contribution in [0.5, 0.6) is 5.75 Å². The molecule has 0 aliphatic carbocycles. The quantitative estimate of drug-likeness (QED) is 0.662. The van der Waals surface area contributed by atoms with Crippen molar-refractivity contribution in [3.63, 3.8) is 0 Å². The number of para-hydroxylation sites is 1. The van der Waals surface area contributed by atoms with Gasteiger partial charge in [-0.3, -0.25) is 14.2 Å². The molecule has 0 unspecified atom stereocenters. The predicted octanol–water partition coefficient (Wildman–Crippen LogP) is 3.79. The number of hydrogen-bond acceptors (Lipinski definition) is 4. The number of aryl methyl sites for hydroxylation is 1. The largest absolute Gasteiger partial charge is 0.496 e. The third-order valence-corrected chi connectivity index (χ3v) is 5.76. The lowest BCUT2D eigenvalue weighted by atomic mass is 10.1. The van der Waals surface area contributed by atoms with E-state index in [2.05, 4.69) is 0 Å². The number of ether oxygens (including phenoxy) is 1. The minimum absolute atomic E-state index is 0.00160. The molecule has 4 rings (SSSR count). The van der Waals surface area contributed by atoms with Crippen LogP contribution in [0, 0.1) is 0 Å². The van der Waals surface area contributed by atoms with Crippen LogP contribution in [-0.2, 0) is 19.5 Å². The Morgan fingerprint density at radius 1 is 1.13 bits per heavy atom. The molecule has 1 amide bonds. The average Bonchev–Trinajstić information content (AvgIpc) is 2.74. The molecule has 1 aromatic heterocycles. The highest BCUT2D eigenvalue weighted by Gasteiger charge is 2.17.